The van der Waals surface area contributed by atoms with Crippen LogP contribution >= 0.6 is 11.6 Å². The maximum Gasteiger partial charge on any atom is 0.323 e. The van der Waals surface area contributed by atoms with E-state index in [2.05, 4.69) is 5.32 Å². The summed E-state index contributed by atoms with van der Waals surface area (Å²) in [6.07, 6.45) is 8.08. The van der Waals surface area contributed by atoms with Gasteiger partial charge in [-0.2, -0.15) is 0 Å². The van der Waals surface area contributed by atoms with Gasteiger partial charge >= 0.3 is 5.97 Å². The highest BCUT2D eigenvalue weighted by Crippen LogP contribution is 2.31. The van der Waals surface area contributed by atoms with E-state index in [4.69, 9.17) is 21.1 Å². The third-order valence-corrected chi connectivity index (χ3v) is 5.93. The summed E-state index contributed by atoms with van der Waals surface area (Å²) in [5, 5.41) is 13.3. The maximum atomic E-state index is 13.4. The Balaban J connectivity index is 1.61. The van der Waals surface area contributed by atoms with Gasteiger partial charge in [-0.05, 0) is 48.7 Å². The van der Waals surface area contributed by atoms with Crippen LogP contribution in [-0.4, -0.2) is 30.3 Å². The normalized spacial score (nSPS) is 15.7. The third kappa shape index (κ3) is 5.99. The number of hydrogen-bond donors (Lipinski definition) is 2. The van der Waals surface area contributed by atoms with Crippen LogP contribution in [0.5, 0.6) is 11.5 Å². The minimum absolute atomic E-state index is 0.114. The van der Waals surface area contributed by atoms with Gasteiger partial charge in [-0.25, -0.2) is 4.39 Å². The summed E-state index contributed by atoms with van der Waals surface area (Å²) in [7, 11) is 1.55. The van der Waals surface area contributed by atoms with Crippen LogP contribution in [0.2, 0.25) is 5.02 Å². The largest absolute Gasteiger partial charge is 0.493 e. The fourth-order valence-corrected chi connectivity index (χ4v) is 3.96. The summed E-state index contributed by atoms with van der Waals surface area (Å²) in [5.74, 6) is -0.0915. The van der Waals surface area contributed by atoms with Gasteiger partial charge < -0.3 is 14.6 Å². The lowest BCUT2D eigenvalue weighted by molar-refractivity contribution is -0.146. The molecule has 1 fully saturated rings. The average Bonchev–Trinajstić information content (AvgIpc) is 2.78. The van der Waals surface area contributed by atoms with Gasteiger partial charge in [-0.1, -0.05) is 49.1 Å². The van der Waals surface area contributed by atoms with Crippen molar-refractivity contribution in [2.75, 3.05) is 13.7 Å². The molecule has 5 nitrogen and oxygen atoms in total. The van der Waals surface area contributed by atoms with Crippen molar-refractivity contribution in [2.24, 2.45) is 0 Å². The number of benzene rings is 2. The molecule has 0 heterocycles. The predicted octanol–water partition coefficient (Wildman–Crippen LogP) is 5.46. The zero-order valence-electron chi connectivity index (χ0n) is 17.5. The molecule has 2 aromatic rings. The number of halogens is 2. The number of aliphatic carboxylic acids is 1. The van der Waals surface area contributed by atoms with E-state index >= 15 is 0 Å². The zero-order valence-corrected chi connectivity index (χ0v) is 18.3. The predicted molar refractivity (Wildman–Crippen MR) is 119 cm³/mol. The number of rotatable bonds is 9. The Hall–Kier alpha value is -2.57. The molecule has 0 amide bonds. The molecule has 7 heteroatoms. The first-order valence-electron chi connectivity index (χ1n) is 10.3. The van der Waals surface area contributed by atoms with Gasteiger partial charge in [0.15, 0.2) is 11.5 Å². The SMILES string of the molecule is COc1cc(/C=C/CNC2(C(=O)O)CCCCC2)ccc1OCc1cc(F)ccc1Cl. The number of carboxylic acid groups (broad SMARTS) is 1. The van der Waals surface area contributed by atoms with E-state index in [-0.39, 0.29) is 12.4 Å². The van der Waals surface area contributed by atoms with Gasteiger partial charge in [0.05, 0.1) is 7.11 Å². The Morgan fingerprint density at radius 3 is 2.68 bits per heavy atom. The lowest BCUT2D eigenvalue weighted by atomic mass is 9.81. The second-order valence-corrected chi connectivity index (χ2v) is 8.07. The number of hydrogen-bond acceptors (Lipinski definition) is 4. The number of carboxylic acids is 1. The molecule has 166 valence electrons. The molecule has 0 unspecified atom stereocenters. The summed E-state index contributed by atoms with van der Waals surface area (Å²) < 4.78 is 24.6. The van der Waals surface area contributed by atoms with E-state index in [1.54, 1.807) is 13.2 Å². The number of ether oxygens (including phenoxy) is 2. The van der Waals surface area contributed by atoms with Crippen molar-refractivity contribution in [1.82, 2.24) is 5.32 Å². The molecular weight excluding hydrogens is 421 g/mol. The van der Waals surface area contributed by atoms with E-state index in [0.29, 0.717) is 41.5 Å². The quantitative estimate of drug-likeness (QED) is 0.534. The second kappa shape index (κ2) is 10.6. The highest BCUT2D eigenvalue weighted by Gasteiger charge is 2.38. The van der Waals surface area contributed by atoms with Gasteiger partial charge in [0.1, 0.15) is 18.0 Å². The monoisotopic (exact) mass is 447 g/mol. The molecule has 2 aromatic carbocycles. The first-order chi connectivity index (χ1) is 14.9. The molecule has 31 heavy (non-hydrogen) atoms. The van der Waals surface area contributed by atoms with Crippen LogP contribution in [0.15, 0.2) is 42.5 Å². The fourth-order valence-electron chi connectivity index (χ4n) is 3.79. The van der Waals surface area contributed by atoms with E-state index < -0.39 is 11.5 Å². The van der Waals surface area contributed by atoms with Crippen molar-refractivity contribution < 1.29 is 23.8 Å². The van der Waals surface area contributed by atoms with Gasteiger partial charge in [-0.15, -0.1) is 0 Å². The first kappa shape index (κ1) is 23.1. The van der Waals surface area contributed by atoms with Crippen LogP contribution in [-0.2, 0) is 11.4 Å². The van der Waals surface area contributed by atoms with Gasteiger partial charge in [-0.3, -0.25) is 10.1 Å². The highest BCUT2D eigenvalue weighted by molar-refractivity contribution is 6.31. The maximum absolute atomic E-state index is 13.4. The Kier molecular flexibility index (Phi) is 7.93. The molecule has 3 rings (SSSR count). The van der Waals surface area contributed by atoms with Gasteiger partial charge in [0.25, 0.3) is 0 Å². The Labute approximate surface area is 186 Å². The van der Waals surface area contributed by atoms with Gasteiger partial charge in [0, 0.05) is 17.1 Å². The molecule has 0 aliphatic heterocycles. The smallest absolute Gasteiger partial charge is 0.323 e. The molecule has 2 N–H and O–H groups in total. The molecule has 1 saturated carbocycles. The van der Waals surface area contributed by atoms with Crippen molar-refractivity contribution in [1.29, 1.82) is 0 Å². The zero-order chi connectivity index (χ0) is 22.3. The number of nitrogens with one attached hydrogen (secondary N) is 1. The summed E-state index contributed by atoms with van der Waals surface area (Å²) in [6.45, 7) is 0.578. The summed E-state index contributed by atoms with van der Waals surface area (Å²) >= 11 is 6.09. The van der Waals surface area contributed by atoms with E-state index in [1.807, 2.05) is 24.3 Å². The number of methoxy groups -OCH3 is 1. The number of carbonyl (C=O) groups is 1. The van der Waals surface area contributed by atoms with Gasteiger partial charge in [0.2, 0.25) is 0 Å². The Morgan fingerprint density at radius 2 is 1.97 bits per heavy atom. The average molecular weight is 448 g/mol. The Bertz CT molecular complexity index is 941. The van der Waals surface area contributed by atoms with E-state index in [9.17, 15) is 14.3 Å². The molecule has 0 atom stereocenters. The van der Waals surface area contributed by atoms with Crippen LogP contribution in [0, 0.1) is 5.82 Å². The van der Waals surface area contributed by atoms with Crippen LogP contribution in [0.4, 0.5) is 4.39 Å². The lowest BCUT2D eigenvalue weighted by Crippen LogP contribution is -2.53. The molecule has 0 aromatic heterocycles. The molecule has 0 spiro atoms. The van der Waals surface area contributed by atoms with E-state index in [0.717, 1.165) is 24.8 Å². The van der Waals surface area contributed by atoms with Crippen molar-refractivity contribution in [2.45, 2.75) is 44.2 Å². The minimum atomic E-state index is -0.823. The van der Waals surface area contributed by atoms with Crippen LogP contribution in [0.3, 0.4) is 0 Å². The van der Waals surface area contributed by atoms with Crippen LogP contribution in [0.25, 0.3) is 6.08 Å². The second-order valence-electron chi connectivity index (χ2n) is 7.67. The molecule has 1 aliphatic rings. The topological polar surface area (TPSA) is 67.8 Å². The van der Waals surface area contributed by atoms with E-state index in [1.165, 1.54) is 18.2 Å². The standard InChI is InChI=1S/C24H27ClFNO4/c1-30-22-14-17(6-5-13-27-24(23(28)29)11-3-2-4-12-24)7-10-21(22)31-16-18-15-19(26)8-9-20(18)25/h5-10,14-15,27H,2-4,11-13,16H2,1H3,(H,28,29)/b6-5+. The molecular formula is C24H27ClFNO4. The molecule has 0 bridgehead atoms. The summed E-state index contributed by atoms with van der Waals surface area (Å²) in [5.41, 5.74) is 0.618. The van der Waals surface area contributed by atoms with Crippen molar-refractivity contribution >= 4 is 23.6 Å². The molecule has 1 aliphatic carbocycles. The first-order valence-corrected chi connectivity index (χ1v) is 10.7. The fraction of sp³-hybridized carbons (Fsp3) is 0.375. The molecule has 0 radical (unpaired) electrons. The van der Waals surface area contributed by atoms with Crippen LogP contribution in [0.1, 0.15) is 43.2 Å². The van der Waals surface area contributed by atoms with Crippen molar-refractivity contribution in [3.05, 3.63) is 64.4 Å². The van der Waals surface area contributed by atoms with Crippen molar-refractivity contribution in [3.8, 4) is 11.5 Å². The van der Waals surface area contributed by atoms with Crippen molar-refractivity contribution in [3.63, 3.8) is 0 Å². The molecule has 0 saturated heterocycles. The Morgan fingerprint density at radius 1 is 1.19 bits per heavy atom. The van der Waals surface area contributed by atoms with Crippen LogP contribution < -0.4 is 14.8 Å². The summed E-state index contributed by atoms with van der Waals surface area (Å²) in [4.78, 5) is 11.7. The lowest BCUT2D eigenvalue weighted by Gasteiger charge is -2.33. The third-order valence-electron chi connectivity index (χ3n) is 5.56. The summed E-state index contributed by atoms with van der Waals surface area (Å²) in [6, 6.07) is 9.61. The minimum Gasteiger partial charge on any atom is -0.493 e. The highest BCUT2D eigenvalue weighted by atomic mass is 35.5.